The summed E-state index contributed by atoms with van der Waals surface area (Å²) in [7, 11) is 0. The summed E-state index contributed by atoms with van der Waals surface area (Å²) < 4.78 is 6.77. The van der Waals surface area contributed by atoms with E-state index in [1.54, 1.807) is 12.3 Å². The molecule has 3 nitrogen and oxygen atoms in total. The Morgan fingerprint density at radius 3 is 2.58 bits per heavy atom. The minimum absolute atomic E-state index is 0.510. The van der Waals surface area contributed by atoms with Gasteiger partial charge in [0.25, 0.3) is 0 Å². The van der Waals surface area contributed by atoms with Gasteiger partial charge in [-0.1, -0.05) is 22.9 Å². The van der Waals surface area contributed by atoms with Gasteiger partial charge in [-0.05, 0) is 49.2 Å². The Morgan fingerprint density at radius 2 is 2.00 bits per heavy atom. The first-order chi connectivity index (χ1) is 9.10. The zero-order chi connectivity index (χ0) is 13.8. The second kappa shape index (κ2) is 6.17. The van der Waals surface area contributed by atoms with Crippen LogP contribution in [0.4, 0.5) is 0 Å². The topological polar surface area (TPSA) is 42.4 Å². The molecular weight excluding hydrogens is 306 g/mol. The number of aryl methyl sites for hydroxylation is 1. The van der Waals surface area contributed by atoms with E-state index in [4.69, 9.17) is 4.74 Å². The monoisotopic (exact) mass is 321 g/mol. The third-order valence-corrected chi connectivity index (χ3v) is 3.74. The van der Waals surface area contributed by atoms with Crippen LogP contribution in [0, 0.1) is 6.92 Å². The molecule has 1 aromatic heterocycles. The number of nitrogens with zero attached hydrogens (tertiary/aromatic N) is 1. The third-order valence-electron chi connectivity index (χ3n) is 2.85. The number of ether oxygens (including phenoxy) is 1. The predicted octanol–water partition coefficient (Wildman–Crippen LogP) is 4.39. The highest BCUT2D eigenvalue weighted by molar-refractivity contribution is 9.10. The maximum Gasteiger partial charge on any atom is 0.145 e. The quantitative estimate of drug-likeness (QED) is 0.908. The standard InChI is InChI=1S/C15H16BrNO2/c1-3-15(18)14-7-5-12(9-17-14)19-11-4-6-13(16)10(2)8-11/h4-9,15,18H,3H2,1-2H3. The summed E-state index contributed by atoms with van der Waals surface area (Å²) in [4.78, 5) is 4.20. The second-order valence-corrected chi connectivity index (χ2v) is 5.21. The normalized spacial score (nSPS) is 12.2. The molecule has 0 aliphatic carbocycles. The Morgan fingerprint density at radius 1 is 1.26 bits per heavy atom. The van der Waals surface area contributed by atoms with Crippen molar-refractivity contribution in [2.24, 2.45) is 0 Å². The molecule has 0 aliphatic heterocycles. The number of pyridine rings is 1. The van der Waals surface area contributed by atoms with Crippen molar-refractivity contribution < 1.29 is 9.84 Å². The fraction of sp³-hybridized carbons (Fsp3) is 0.267. The van der Waals surface area contributed by atoms with E-state index >= 15 is 0 Å². The lowest BCUT2D eigenvalue weighted by molar-refractivity contribution is 0.169. The first kappa shape index (κ1) is 14.0. The molecule has 1 unspecified atom stereocenters. The summed E-state index contributed by atoms with van der Waals surface area (Å²) >= 11 is 3.45. The minimum Gasteiger partial charge on any atom is -0.456 e. The first-order valence-electron chi connectivity index (χ1n) is 6.18. The average Bonchev–Trinajstić information content (AvgIpc) is 2.43. The molecule has 1 atom stereocenters. The Balaban J connectivity index is 2.12. The fourth-order valence-electron chi connectivity index (χ4n) is 1.68. The van der Waals surface area contributed by atoms with E-state index in [0.29, 0.717) is 17.9 Å². The van der Waals surface area contributed by atoms with Gasteiger partial charge in [0.1, 0.15) is 11.5 Å². The molecule has 1 N–H and O–H groups in total. The van der Waals surface area contributed by atoms with Gasteiger partial charge in [-0.15, -0.1) is 0 Å². The molecule has 1 aromatic carbocycles. The van der Waals surface area contributed by atoms with Crippen LogP contribution in [0.5, 0.6) is 11.5 Å². The highest BCUT2D eigenvalue weighted by atomic mass is 79.9. The number of hydrogen-bond donors (Lipinski definition) is 1. The summed E-state index contributed by atoms with van der Waals surface area (Å²) in [5.41, 5.74) is 1.78. The summed E-state index contributed by atoms with van der Waals surface area (Å²) in [5, 5.41) is 9.67. The smallest absolute Gasteiger partial charge is 0.145 e. The molecule has 2 aromatic rings. The van der Waals surface area contributed by atoms with E-state index in [0.717, 1.165) is 15.8 Å². The summed E-state index contributed by atoms with van der Waals surface area (Å²) in [5.74, 6) is 1.43. The maximum absolute atomic E-state index is 9.67. The van der Waals surface area contributed by atoms with Crippen LogP contribution in [0.1, 0.15) is 30.7 Å². The van der Waals surface area contributed by atoms with Crippen molar-refractivity contribution in [3.8, 4) is 11.5 Å². The van der Waals surface area contributed by atoms with Crippen molar-refractivity contribution in [1.29, 1.82) is 0 Å². The van der Waals surface area contributed by atoms with E-state index in [1.807, 2.05) is 38.1 Å². The van der Waals surface area contributed by atoms with Gasteiger partial charge in [0, 0.05) is 4.47 Å². The molecule has 100 valence electrons. The van der Waals surface area contributed by atoms with Crippen LogP contribution in [0.25, 0.3) is 0 Å². The molecule has 4 heteroatoms. The number of halogens is 1. The number of rotatable bonds is 4. The molecule has 2 rings (SSSR count). The van der Waals surface area contributed by atoms with Gasteiger partial charge in [0.2, 0.25) is 0 Å². The number of aromatic nitrogens is 1. The van der Waals surface area contributed by atoms with E-state index in [-0.39, 0.29) is 0 Å². The van der Waals surface area contributed by atoms with E-state index in [2.05, 4.69) is 20.9 Å². The Labute approximate surface area is 121 Å². The van der Waals surface area contributed by atoms with Crippen molar-refractivity contribution in [1.82, 2.24) is 4.98 Å². The maximum atomic E-state index is 9.67. The Hall–Kier alpha value is -1.39. The second-order valence-electron chi connectivity index (χ2n) is 4.36. The molecule has 0 amide bonds. The van der Waals surface area contributed by atoms with Gasteiger partial charge >= 0.3 is 0 Å². The van der Waals surface area contributed by atoms with Gasteiger partial charge < -0.3 is 9.84 Å². The van der Waals surface area contributed by atoms with Crippen LogP contribution in [-0.4, -0.2) is 10.1 Å². The number of hydrogen-bond acceptors (Lipinski definition) is 3. The molecule has 0 radical (unpaired) electrons. The summed E-state index contributed by atoms with van der Waals surface area (Å²) in [6, 6.07) is 9.41. The first-order valence-corrected chi connectivity index (χ1v) is 6.97. The molecule has 0 spiro atoms. The van der Waals surface area contributed by atoms with Crippen LogP contribution in [-0.2, 0) is 0 Å². The van der Waals surface area contributed by atoms with Crippen molar-refractivity contribution in [2.45, 2.75) is 26.4 Å². The number of aliphatic hydroxyl groups is 1. The summed E-state index contributed by atoms with van der Waals surface area (Å²) in [6.45, 7) is 3.93. The lowest BCUT2D eigenvalue weighted by Crippen LogP contribution is -1.98. The largest absolute Gasteiger partial charge is 0.456 e. The van der Waals surface area contributed by atoms with Gasteiger partial charge in [0.15, 0.2) is 0 Å². The zero-order valence-electron chi connectivity index (χ0n) is 10.9. The van der Waals surface area contributed by atoms with Crippen molar-refractivity contribution in [2.75, 3.05) is 0 Å². The molecule has 19 heavy (non-hydrogen) atoms. The zero-order valence-corrected chi connectivity index (χ0v) is 12.5. The Kier molecular flexibility index (Phi) is 4.56. The molecule has 0 fully saturated rings. The highest BCUT2D eigenvalue weighted by Crippen LogP contribution is 2.26. The predicted molar refractivity (Wildman–Crippen MR) is 78.4 cm³/mol. The molecule has 0 bridgehead atoms. The van der Waals surface area contributed by atoms with Gasteiger partial charge in [-0.25, -0.2) is 0 Å². The number of benzene rings is 1. The number of aliphatic hydroxyl groups excluding tert-OH is 1. The van der Waals surface area contributed by atoms with E-state index in [1.165, 1.54) is 0 Å². The summed E-state index contributed by atoms with van der Waals surface area (Å²) in [6.07, 6.45) is 1.77. The van der Waals surface area contributed by atoms with Crippen LogP contribution in [0.3, 0.4) is 0 Å². The molecule has 0 aliphatic rings. The van der Waals surface area contributed by atoms with Crippen molar-refractivity contribution in [3.05, 3.63) is 52.3 Å². The van der Waals surface area contributed by atoms with Gasteiger partial charge in [-0.2, -0.15) is 0 Å². The van der Waals surface area contributed by atoms with Crippen LogP contribution >= 0.6 is 15.9 Å². The lowest BCUT2D eigenvalue weighted by atomic mass is 10.2. The molecular formula is C15H16BrNO2. The van der Waals surface area contributed by atoms with E-state index in [9.17, 15) is 5.11 Å². The average molecular weight is 322 g/mol. The SMILES string of the molecule is CCC(O)c1ccc(Oc2ccc(Br)c(C)c2)cn1. The Bertz CT molecular complexity index is 555. The minimum atomic E-state index is -0.510. The fourth-order valence-corrected chi connectivity index (χ4v) is 1.92. The highest BCUT2D eigenvalue weighted by Gasteiger charge is 2.06. The van der Waals surface area contributed by atoms with Crippen molar-refractivity contribution in [3.63, 3.8) is 0 Å². The van der Waals surface area contributed by atoms with Crippen LogP contribution in [0.15, 0.2) is 41.0 Å². The van der Waals surface area contributed by atoms with Gasteiger partial charge in [-0.3, -0.25) is 4.98 Å². The van der Waals surface area contributed by atoms with Crippen LogP contribution in [0.2, 0.25) is 0 Å². The van der Waals surface area contributed by atoms with Gasteiger partial charge in [0.05, 0.1) is 18.0 Å². The van der Waals surface area contributed by atoms with Crippen molar-refractivity contribution >= 4 is 15.9 Å². The molecule has 0 saturated carbocycles. The van der Waals surface area contributed by atoms with E-state index < -0.39 is 6.10 Å². The molecule has 0 saturated heterocycles. The third kappa shape index (κ3) is 3.55. The molecule has 1 heterocycles. The van der Waals surface area contributed by atoms with Crippen LogP contribution < -0.4 is 4.74 Å². The lowest BCUT2D eigenvalue weighted by Gasteiger charge is -2.09.